The molecule has 61 heavy (non-hydrogen) atoms. The van der Waals surface area contributed by atoms with Gasteiger partial charge in [-0.3, -0.25) is 0 Å². The summed E-state index contributed by atoms with van der Waals surface area (Å²) in [5.74, 6) is 0.236. The maximum absolute atomic E-state index is 2.55. The van der Waals surface area contributed by atoms with Crippen LogP contribution in [-0.4, -0.2) is 9.52 Å². The molecule has 9 aromatic rings. The number of hydrogen-bond acceptors (Lipinski definition) is 0. The van der Waals surface area contributed by atoms with Gasteiger partial charge in [-0.05, 0) is 67.1 Å². The summed E-state index contributed by atoms with van der Waals surface area (Å²) in [6.07, 6.45) is 4.77. The van der Waals surface area contributed by atoms with E-state index in [1.165, 1.54) is 98.0 Å². The third kappa shape index (κ3) is 8.47. The second-order valence-electron chi connectivity index (χ2n) is 18.7. The largest absolute Gasteiger partial charge is 0.126 e. The molecule has 0 saturated carbocycles. The Morgan fingerprint density at radius 2 is 1.11 bits per heavy atom. The summed E-state index contributed by atoms with van der Waals surface area (Å²) in [6.45, 7) is 16.4. The molecule has 0 amide bonds. The normalized spacial score (nSPS) is 13.8. The molecule has 9 aromatic carbocycles. The average molecular weight is 883 g/mol. The molecule has 0 bridgehead atoms. The van der Waals surface area contributed by atoms with Gasteiger partial charge < -0.3 is 0 Å². The van der Waals surface area contributed by atoms with Gasteiger partial charge in [-0.15, -0.1) is 33.7 Å². The zero-order valence-electron chi connectivity index (χ0n) is 36.7. The molecule has 1 atom stereocenters. The van der Waals surface area contributed by atoms with Crippen molar-refractivity contribution >= 4 is 69.1 Å². The molecule has 0 heterocycles. The van der Waals surface area contributed by atoms with E-state index in [-0.39, 0.29) is 43.0 Å². The van der Waals surface area contributed by atoms with E-state index in [1.54, 1.807) is 0 Å². The van der Waals surface area contributed by atoms with Crippen molar-refractivity contribution in [1.29, 1.82) is 0 Å². The molecule has 2 radical (unpaired) electrons. The van der Waals surface area contributed by atoms with Crippen LogP contribution in [0.1, 0.15) is 95.0 Å². The van der Waals surface area contributed by atoms with Gasteiger partial charge in [-0.25, -0.2) is 0 Å². The van der Waals surface area contributed by atoms with Crippen LogP contribution in [0, 0.1) is 0 Å². The Labute approximate surface area is 385 Å². The fraction of sp³-hybridized carbons (Fsp3) is 0.203. The van der Waals surface area contributed by atoms with Crippen molar-refractivity contribution < 1.29 is 26.2 Å². The molecule has 1 unspecified atom stereocenters. The van der Waals surface area contributed by atoms with Crippen LogP contribution in [0.3, 0.4) is 0 Å². The van der Waals surface area contributed by atoms with Gasteiger partial charge in [0.15, 0.2) is 0 Å². The van der Waals surface area contributed by atoms with E-state index < -0.39 is 0 Å². The summed E-state index contributed by atoms with van der Waals surface area (Å²) in [7, 11) is 0.777. The molecule has 1 aliphatic carbocycles. The standard InChI is InChI=1S/C47H45.C12H10Si.Zr/c1-8-14-31-25-41-37(40-23-29-15-9-10-16-34(29)35-17-11-12-18-36(35)40)19-13-20-38(41)45(31)44-28-33(47(5,6)7)27-43-39-26-32(46(2,3)4)22-21-30(39)24-42(43)44;1-3-7-11(8-4-1)13-12-9-5-2-6-10-12;/h9-13,15-28,45H,8,14H2,1-7H3;1-10H;/q-1;;. The third-order valence-corrected chi connectivity index (χ3v) is 13.7. The van der Waals surface area contributed by atoms with Crippen molar-refractivity contribution in [1.82, 2.24) is 0 Å². The minimum absolute atomic E-state index is 0. The molecule has 0 saturated heterocycles. The minimum Gasteiger partial charge on any atom is -0.126 e. The van der Waals surface area contributed by atoms with Crippen LogP contribution in [0.15, 0.2) is 175 Å². The zero-order valence-corrected chi connectivity index (χ0v) is 40.2. The molecule has 0 spiro atoms. The quantitative estimate of drug-likeness (QED) is 0.0887. The summed E-state index contributed by atoms with van der Waals surface area (Å²) < 4.78 is 0. The van der Waals surface area contributed by atoms with Gasteiger partial charge in [0.1, 0.15) is 9.52 Å². The Bertz CT molecular complexity index is 2990. The topological polar surface area (TPSA) is 0 Å². The molecule has 0 N–H and O–H groups in total. The first-order valence-electron chi connectivity index (χ1n) is 21.8. The Balaban J connectivity index is 0.000000313. The number of rotatable bonds is 6. The molecular weight excluding hydrogens is 828 g/mol. The zero-order chi connectivity index (χ0) is 41.6. The molecule has 10 rings (SSSR count). The first kappa shape index (κ1) is 42.7. The van der Waals surface area contributed by atoms with Crippen molar-refractivity contribution in [3.8, 4) is 11.1 Å². The maximum Gasteiger partial charge on any atom is 0.121 e. The molecule has 300 valence electrons. The third-order valence-electron chi connectivity index (χ3n) is 12.5. The van der Waals surface area contributed by atoms with Crippen LogP contribution >= 0.6 is 0 Å². The number of hydrogen-bond donors (Lipinski definition) is 0. The van der Waals surface area contributed by atoms with Crippen molar-refractivity contribution in [3.63, 3.8) is 0 Å². The second kappa shape index (κ2) is 17.4. The van der Waals surface area contributed by atoms with Gasteiger partial charge >= 0.3 is 0 Å². The first-order chi connectivity index (χ1) is 29.0. The predicted octanol–water partition coefficient (Wildman–Crippen LogP) is 14.9. The van der Waals surface area contributed by atoms with E-state index in [4.69, 9.17) is 0 Å². The summed E-state index contributed by atoms with van der Waals surface area (Å²) in [5, 5.41) is 13.6. The van der Waals surface area contributed by atoms with E-state index in [0.29, 0.717) is 0 Å². The van der Waals surface area contributed by atoms with Gasteiger partial charge in [0.25, 0.3) is 0 Å². The van der Waals surface area contributed by atoms with Crippen LogP contribution in [0.5, 0.6) is 0 Å². The Morgan fingerprint density at radius 1 is 0.508 bits per heavy atom. The van der Waals surface area contributed by atoms with Crippen LogP contribution in [0.4, 0.5) is 0 Å². The van der Waals surface area contributed by atoms with Gasteiger partial charge in [0.2, 0.25) is 0 Å². The van der Waals surface area contributed by atoms with E-state index >= 15 is 0 Å². The van der Waals surface area contributed by atoms with Gasteiger partial charge in [-0.2, -0.15) is 0 Å². The van der Waals surface area contributed by atoms with Crippen molar-refractivity contribution in [2.24, 2.45) is 0 Å². The summed E-state index contributed by atoms with van der Waals surface area (Å²) in [6, 6.07) is 63.1. The van der Waals surface area contributed by atoms with Crippen molar-refractivity contribution in [3.05, 3.63) is 203 Å². The van der Waals surface area contributed by atoms with Crippen LogP contribution in [-0.2, 0) is 37.0 Å². The molecule has 1 aliphatic rings. The first-order valence-corrected chi connectivity index (χ1v) is 22.8. The fourth-order valence-electron chi connectivity index (χ4n) is 9.33. The fourth-order valence-corrected chi connectivity index (χ4v) is 10.4. The molecule has 0 aromatic heterocycles. The monoisotopic (exact) mass is 881 g/mol. The van der Waals surface area contributed by atoms with E-state index in [2.05, 4.69) is 224 Å². The smallest absolute Gasteiger partial charge is 0.121 e. The Hall–Kier alpha value is -5.01. The summed E-state index contributed by atoms with van der Waals surface area (Å²) in [5.41, 5.74) is 11.4. The maximum atomic E-state index is 2.55. The van der Waals surface area contributed by atoms with Gasteiger partial charge in [0.05, 0.1) is 0 Å². The van der Waals surface area contributed by atoms with E-state index in [0.717, 1.165) is 22.4 Å². The molecular formula is C59H55SiZr-. The van der Waals surface area contributed by atoms with Gasteiger partial charge in [-0.1, -0.05) is 245 Å². The molecule has 2 heteroatoms. The second-order valence-corrected chi connectivity index (χ2v) is 20.1. The number of benzene rings is 8. The Morgan fingerprint density at radius 3 is 1.77 bits per heavy atom. The Kier molecular flexibility index (Phi) is 12.2. The van der Waals surface area contributed by atoms with Crippen molar-refractivity contribution in [2.75, 3.05) is 0 Å². The molecule has 0 aliphatic heterocycles. The van der Waals surface area contributed by atoms with Gasteiger partial charge in [0, 0.05) is 32.1 Å². The number of fused-ring (bicyclic) bond motifs is 7. The van der Waals surface area contributed by atoms with Crippen molar-refractivity contribution in [2.45, 2.75) is 78.1 Å². The summed E-state index contributed by atoms with van der Waals surface area (Å²) >= 11 is 0. The van der Waals surface area contributed by atoms with Crippen LogP contribution < -0.4 is 10.4 Å². The average Bonchev–Trinajstić information content (AvgIpc) is 3.81. The van der Waals surface area contributed by atoms with Crippen LogP contribution in [0.25, 0.3) is 60.3 Å². The SMILES string of the molecule is CCCC1=Cc2c(-c3cc4ccccc4c4ccccc34)cccc2C1c1cc(C(C)(C)C)cc2c1[cH-]c1ccc(C(C)(C)C)cc12.[Zr].c1ccc([Si]c2ccccc2)cc1. The predicted molar refractivity (Wildman–Crippen MR) is 264 cm³/mol. The van der Waals surface area contributed by atoms with E-state index in [1.807, 2.05) is 0 Å². The van der Waals surface area contributed by atoms with E-state index in [9.17, 15) is 0 Å². The molecule has 0 fully saturated rings. The number of allylic oxidation sites excluding steroid dienone is 1. The van der Waals surface area contributed by atoms with Crippen LogP contribution in [0.2, 0.25) is 0 Å². The minimum atomic E-state index is 0. The summed E-state index contributed by atoms with van der Waals surface area (Å²) in [4.78, 5) is 0. The molecule has 0 nitrogen and oxygen atoms in total.